The topological polar surface area (TPSA) is 34.6 Å². The Kier molecular flexibility index (Phi) is 3.99. The first kappa shape index (κ1) is 14.0. The van der Waals surface area contributed by atoms with E-state index in [2.05, 4.69) is 16.3 Å². The van der Waals surface area contributed by atoms with Crippen LogP contribution in [0.1, 0.15) is 31.4 Å². The number of aromatic nitrogens is 1. The smallest absolute Gasteiger partial charge is 0.231 e. The first-order valence-corrected chi connectivity index (χ1v) is 8.83. The number of fused-ring (bicyclic) bond motifs is 1. The summed E-state index contributed by atoms with van der Waals surface area (Å²) in [6.45, 7) is 3.70. The molecule has 4 rings (SSSR count). The van der Waals surface area contributed by atoms with Gasteiger partial charge in [-0.15, -0.1) is 11.3 Å². The number of hydrogen-bond donors (Lipinski definition) is 0. The summed E-state index contributed by atoms with van der Waals surface area (Å²) in [7, 11) is 0. The van der Waals surface area contributed by atoms with Gasteiger partial charge in [-0.25, -0.2) is 4.98 Å². The second kappa shape index (κ2) is 6.26. The lowest BCUT2D eigenvalue weighted by atomic mass is 10.2. The lowest BCUT2D eigenvalue weighted by Crippen LogP contribution is -2.24. The predicted molar refractivity (Wildman–Crippen MR) is 87.4 cm³/mol. The van der Waals surface area contributed by atoms with Crippen LogP contribution in [-0.2, 0) is 6.54 Å². The van der Waals surface area contributed by atoms with E-state index in [-0.39, 0.29) is 0 Å². The first-order chi connectivity index (χ1) is 10.9. The molecule has 0 N–H and O–H groups in total. The minimum absolute atomic E-state index is 0.316. The van der Waals surface area contributed by atoms with Gasteiger partial charge < -0.3 is 9.47 Å². The molecule has 0 bridgehead atoms. The molecule has 4 nitrogen and oxygen atoms in total. The van der Waals surface area contributed by atoms with Gasteiger partial charge in [-0.05, 0) is 44.1 Å². The fourth-order valence-electron chi connectivity index (χ4n) is 3.07. The van der Waals surface area contributed by atoms with Crippen LogP contribution in [0.4, 0.5) is 0 Å². The van der Waals surface area contributed by atoms with Crippen molar-refractivity contribution >= 4 is 11.3 Å². The molecule has 0 unspecified atom stereocenters. The van der Waals surface area contributed by atoms with Gasteiger partial charge in [0.2, 0.25) is 6.79 Å². The summed E-state index contributed by atoms with van der Waals surface area (Å²) >= 11 is 1.71. The van der Waals surface area contributed by atoms with Crippen molar-refractivity contribution in [3.05, 3.63) is 29.3 Å². The van der Waals surface area contributed by atoms with Crippen molar-refractivity contribution in [2.75, 3.05) is 19.9 Å². The molecule has 0 atom stereocenters. The van der Waals surface area contributed by atoms with Crippen LogP contribution in [-0.4, -0.2) is 29.8 Å². The van der Waals surface area contributed by atoms with Gasteiger partial charge >= 0.3 is 0 Å². The molecule has 2 aliphatic rings. The molecule has 2 aliphatic heterocycles. The number of ether oxygens (including phenoxy) is 2. The summed E-state index contributed by atoms with van der Waals surface area (Å²) in [6.07, 6.45) is 5.38. The van der Waals surface area contributed by atoms with Crippen LogP contribution in [0.15, 0.2) is 23.6 Å². The lowest BCUT2D eigenvalue weighted by molar-refractivity contribution is 0.174. The maximum Gasteiger partial charge on any atom is 0.231 e. The Bertz CT molecular complexity index is 648. The summed E-state index contributed by atoms with van der Waals surface area (Å²) in [5.41, 5.74) is 2.29. The number of likely N-dealkylation sites (tertiary alicyclic amines) is 1. The Morgan fingerprint density at radius 1 is 1.05 bits per heavy atom. The molecule has 1 fully saturated rings. The molecular weight excluding hydrogens is 296 g/mol. The van der Waals surface area contributed by atoms with Crippen LogP contribution in [0.5, 0.6) is 11.5 Å². The highest BCUT2D eigenvalue weighted by molar-refractivity contribution is 7.13. The highest BCUT2D eigenvalue weighted by atomic mass is 32.1. The molecule has 5 heteroatoms. The molecule has 1 saturated heterocycles. The predicted octanol–water partition coefficient (Wildman–Crippen LogP) is 3.91. The Labute approximate surface area is 134 Å². The van der Waals surface area contributed by atoms with Crippen molar-refractivity contribution in [2.24, 2.45) is 0 Å². The van der Waals surface area contributed by atoms with Crippen LogP contribution < -0.4 is 9.47 Å². The van der Waals surface area contributed by atoms with Gasteiger partial charge in [-0.3, -0.25) is 4.90 Å². The highest BCUT2D eigenvalue weighted by Crippen LogP contribution is 2.36. The fourth-order valence-corrected chi connectivity index (χ4v) is 3.87. The largest absolute Gasteiger partial charge is 0.454 e. The Morgan fingerprint density at radius 3 is 2.73 bits per heavy atom. The van der Waals surface area contributed by atoms with E-state index in [1.54, 1.807) is 11.3 Å². The number of nitrogens with zero attached hydrogens (tertiary/aromatic N) is 2. The number of hydrogen-bond acceptors (Lipinski definition) is 5. The van der Waals surface area contributed by atoms with Crippen molar-refractivity contribution in [3.8, 4) is 22.1 Å². The number of rotatable bonds is 3. The third-order valence-electron chi connectivity index (χ3n) is 4.26. The van der Waals surface area contributed by atoms with Crippen LogP contribution in [0.3, 0.4) is 0 Å². The molecular formula is C17H20N2O2S. The van der Waals surface area contributed by atoms with Gasteiger partial charge in [0.15, 0.2) is 11.5 Å². The molecule has 0 amide bonds. The molecule has 1 aromatic heterocycles. The third-order valence-corrected chi connectivity index (χ3v) is 5.20. The van der Waals surface area contributed by atoms with Crippen molar-refractivity contribution in [3.63, 3.8) is 0 Å². The van der Waals surface area contributed by atoms with Crippen molar-refractivity contribution in [1.29, 1.82) is 0 Å². The van der Waals surface area contributed by atoms with E-state index in [1.807, 2.05) is 12.1 Å². The average Bonchev–Trinajstić information content (AvgIpc) is 3.11. The molecule has 0 aliphatic carbocycles. The monoisotopic (exact) mass is 316 g/mol. The van der Waals surface area contributed by atoms with Crippen LogP contribution >= 0.6 is 11.3 Å². The summed E-state index contributed by atoms with van der Waals surface area (Å²) in [5, 5.41) is 3.24. The zero-order valence-corrected chi connectivity index (χ0v) is 13.4. The molecule has 22 heavy (non-hydrogen) atoms. The average molecular weight is 316 g/mol. The van der Waals surface area contributed by atoms with Gasteiger partial charge in [0.25, 0.3) is 0 Å². The van der Waals surface area contributed by atoms with Gasteiger partial charge in [0, 0.05) is 17.5 Å². The number of thiazole rings is 1. The molecule has 116 valence electrons. The van der Waals surface area contributed by atoms with Crippen molar-refractivity contribution in [2.45, 2.75) is 32.2 Å². The van der Waals surface area contributed by atoms with E-state index in [1.165, 1.54) is 44.5 Å². The van der Waals surface area contributed by atoms with E-state index in [4.69, 9.17) is 14.5 Å². The van der Waals surface area contributed by atoms with Gasteiger partial charge in [0.1, 0.15) is 5.01 Å². The van der Waals surface area contributed by atoms with Crippen molar-refractivity contribution < 1.29 is 9.47 Å². The first-order valence-electron chi connectivity index (χ1n) is 7.95. The molecule has 1 aromatic carbocycles. The third kappa shape index (κ3) is 2.96. The van der Waals surface area contributed by atoms with E-state index in [0.717, 1.165) is 28.6 Å². The standard InChI is InChI=1S/C17H20N2O2S/c1-2-4-8-19(7-3-1)10-14-11-22-17(18-14)13-5-6-15-16(9-13)21-12-20-15/h5-6,9,11H,1-4,7-8,10,12H2. The Balaban J connectivity index is 1.49. The SMILES string of the molecule is c1cc2c(cc1-c1nc(CN3CCCCCC3)cs1)OCO2. The van der Waals surface area contributed by atoms with E-state index < -0.39 is 0 Å². The minimum Gasteiger partial charge on any atom is -0.454 e. The summed E-state index contributed by atoms with van der Waals surface area (Å²) < 4.78 is 10.8. The maximum absolute atomic E-state index is 5.45. The summed E-state index contributed by atoms with van der Waals surface area (Å²) in [6, 6.07) is 6.05. The molecule has 2 aromatic rings. The Morgan fingerprint density at radius 2 is 1.86 bits per heavy atom. The number of benzene rings is 1. The Hall–Kier alpha value is -1.59. The molecule has 0 radical (unpaired) electrons. The van der Waals surface area contributed by atoms with E-state index in [0.29, 0.717) is 6.79 Å². The highest BCUT2D eigenvalue weighted by Gasteiger charge is 2.16. The molecule has 3 heterocycles. The van der Waals surface area contributed by atoms with Crippen LogP contribution in [0, 0.1) is 0 Å². The quantitative estimate of drug-likeness (QED) is 0.860. The summed E-state index contributed by atoms with van der Waals surface area (Å²) in [4.78, 5) is 7.34. The van der Waals surface area contributed by atoms with Gasteiger partial charge in [-0.1, -0.05) is 12.8 Å². The van der Waals surface area contributed by atoms with Crippen LogP contribution in [0.25, 0.3) is 10.6 Å². The summed E-state index contributed by atoms with van der Waals surface area (Å²) in [5.74, 6) is 1.65. The normalized spacial score (nSPS) is 18.4. The van der Waals surface area contributed by atoms with Crippen molar-refractivity contribution in [1.82, 2.24) is 9.88 Å². The van der Waals surface area contributed by atoms with Gasteiger partial charge in [0.05, 0.1) is 5.69 Å². The van der Waals surface area contributed by atoms with Crippen LogP contribution in [0.2, 0.25) is 0 Å². The fraction of sp³-hybridized carbons (Fsp3) is 0.471. The second-order valence-corrected chi connectivity index (χ2v) is 6.76. The minimum atomic E-state index is 0.316. The molecule has 0 spiro atoms. The maximum atomic E-state index is 5.45. The molecule has 0 saturated carbocycles. The zero-order chi connectivity index (χ0) is 14.8. The zero-order valence-electron chi connectivity index (χ0n) is 12.6. The second-order valence-electron chi connectivity index (χ2n) is 5.90. The van der Waals surface area contributed by atoms with Gasteiger partial charge in [-0.2, -0.15) is 0 Å². The van der Waals surface area contributed by atoms with E-state index in [9.17, 15) is 0 Å². The van der Waals surface area contributed by atoms with E-state index >= 15 is 0 Å². The lowest BCUT2D eigenvalue weighted by Gasteiger charge is -2.17.